The molecule has 1 aromatic heterocycles. The largest absolute Gasteiger partial charge is 0.301 e. The Bertz CT molecular complexity index is 857. The Kier molecular flexibility index (Phi) is 4.77. The molecule has 0 radical (unpaired) electrons. The molecule has 0 atom stereocenters. The summed E-state index contributed by atoms with van der Waals surface area (Å²) in [7, 11) is 0. The summed E-state index contributed by atoms with van der Waals surface area (Å²) in [5, 5.41) is 10.0. The van der Waals surface area contributed by atoms with Crippen LogP contribution in [-0.2, 0) is 12.3 Å². The van der Waals surface area contributed by atoms with Crippen LogP contribution in [0.25, 0.3) is 0 Å². The molecule has 0 bridgehead atoms. The highest BCUT2D eigenvalue weighted by Gasteiger charge is 2.30. The van der Waals surface area contributed by atoms with Gasteiger partial charge in [-0.15, -0.1) is 10.2 Å². The van der Waals surface area contributed by atoms with Crippen LogP contribution >= 0.6 is 23.4 Å². The summed E-state index contributed by atoms with van der Waals surface area (Å²) >= 11 is 7.61. The van der Waals surface area contributed by atoms with Crippen molar-refractivity contribution in [2.45, 2.75) is 36.2 Å². The molecular weight excluding hydrogens is 357 g/mol. The minimum absolute atomic E-state index is 0.281. The normalized spacial score (nSPS) is 14.0. The topological polar surface area (TPSA) is 30.7 Å². The Balaban J connectivity index is 1.59. The van der Waals surface area contributed by atoms with Gasteiger partial charge in [0.2, 0.25) is 0 Å². The first-order valence-corrected chi connectivity index (χ1v) is 9.61. The van der Waals surface area contributed by atoms with Gasteiger partial charge in [-0.2, -0.15) is 0 Å². The van der Waals surface area contributed by atoms with Gasteiger partial charge in [0.1, 0.15) is 11.6 Å². The molecule has 25 heavy (non-hydrogen) atoms. The van der Waals surface area contributed by atoms with Crippen molar-refractivity contribution in [3.05, 3.63) is 76.3 Å². The third-order valence-electron chi connectivity index (χ3n) is 4.28. The molecule has 1 saturated carbocycles. The van der Waals surface area contributed by atoms with Crippen LogP contribution in [0.4, 0.5) is 4.39 Å². The van der Waals surface area contributed by atoms with E-state index in [1.165, 1.54) is 23.4 Å². The summed E-state index contributed by atoms with van der Waals surface area (Å²) in [6.45, 7) is 0.729. The standard InChI is InChI=1S/C19H17ClFN3S/c20-16-7-4-8-17(21)15(16)12-25-19-23-22-18(14-9-10-14)24(19)11-13-5-2-1-3-6-13/h1-8,14H,9-12H2. The van der Waals surface area contributed by atoms with Gasteiger partial charge in [-0.25, -0.2) is 4.39 Å². The van der Waals surface area contributed by atoms with Crippen LogP contribution in [0.15, 0.2) is 53.7 Å². The van der Waals surface area contributed by atoms with E-state index >= 15 is 0 Å². The number of benzene rings is 2. The fourth-order valence-electron chi connectivity index (χ4n) is 2.77. The van der Waals surface area contributed by atoms with Crippen LogP contribution in [0.5, 0.6) is 0 Å². The maximum absolute atomic E-state index is 14.0. The van der Waals surface area contributed by atoms with Crippen LogP contribution in [-0.4, -0.2) is 14.8 Å². The van der Waals surface area contributed by atoms with Gasteiger partial charge in [-0.05, 0) is 30.5 Å². The zero-order valence-electron chi connectivity index (χ0n) is 13.5. The van der Waals surface area contributed by atoms with Crippen LogP contribution in [0, 0.1) is 5.82 Å². The van der Waals surface area contributed by atoms with E-state index in [0.29, 0.717) is 22.3 Å². The fourth-order valence-corrected chi connectivity index (χ4v) is 4.06. The SMILES string of the molecule is Fc1cccc(Cl)c1CSc1nnc(C2CC2)n1Cc1ccccc1. The average molecular weight is 374 g/mol. The molecule has 2 aromatic carbocycles. The third kappa shape index (κ3) is 3.72. The van der Waals surface area contributed by atoms with Crippen molar-refractivity contribution in [3.63, 3.8) is 0 Å². The number of aromatic nitrogens is 3. The van der Waals surface area contributed by atoms with E-state index in [-0.39, 0.29) is 5.82 Å². The van der Waals surface area contributed by atoms with Crippen molar-refractivity contribution in [2.75, 3.05) is 0 Å². The van der Waals surface area contributed by atoms with Gasteiger partial charge in [-0.1, -0.05) is 59.8 Å². The Morgan fingerprint density at radius 1 is 1.08 bits per heavy atom. The maximum Gasteiger partial charge on any atom is 0.191 e. The lowest BCUT2D eigenvalue weighted by Gasteiger charge is -2.10. The molecule has 0 amide bonds. The van der Waals surface area contributed by atoms with Gasteiger partial charge in [0.05, 0.1) is 6.54 Å². The number of nitrogens with zero attached hydrogens (tertiary/aromatic N) is 3. The average Bonchev–Trinajstić information content (AvgIpc) is 3.38. The zero-order chi connectivity index (χ0) is 17.2. The van der Waals surface area contributed by atoms with Gasteiger partial charge in [-0.3, -0.25) is 0 Å². The van der Waals surface area contributed by atoms with E-state index in [4.69, 9.17) is 11.6 Å². The predicted molar refractivity (Wildman–Crippen MR) is 98.5 cm³/mol. The highest BCUT2D eigenvalue weighted by atomic mass is 35.5. The summed E-state index contributed by atoms with van der Waals surface area (Å²) in [5.41, 5.74) is 1.71. The summed E-state index contributed by atoms with van der Waals surface area (Å²) in [6, 6.07) is 15.0. The van der Waals surface area contributed by atoms with Crippen LogP contribution < -0.4 is 0 Å². The van der Waals surface area contributed by atoms with E-state index in [1.54, 1.807) is 12.1 Å². The molecule has 3 nitrogen and oxygen atoms in total. The van der Waals surface area contributed by atoms with Crippen molar-refractivity contribution < 1.29 is 4.39 Å². The van der Waals surface area contributed by atoms with Gasteiger partial charge in [0, 0.05) is 22.3 Å². The molecule has 1 heterocycles. The fraction of sp³-hybridized carbons (Fsp3) is 0.263. The Labute approximate surface area is 155 Å². The second-order valence-electron chi connectivity index (χ2n) is 6.18. The van der Waals surface area contributed by atoms with E-state index in [0.717, 1.165) is 30.4 Å². The van der Waals surface area contributed by atoms with Crippen molar-refractivity contribution in [2.24, 2.45) is 0 Å². The minimum atomic E-state index is -0.281. The summed E-state index contributed by atoms with van der Waals surface area (Å²) < 4.78 is 16.2. The summed E-state index contributed by atoms with van der Waals surface area (Å²) in [5.74, 6) is 1.69. The maximum atomic E-state index is 14.0. The summed E-state index contributed by atoms with van der Waals surface area (Å²) in [4.78, 5) is 0. The molecule has 4 rings (SSSR count). The van der Waals surface area contributed by atoms with E-state index in [2.05, 4.69) is 26.9 Å². The zero-order valence-corrected chi connectivity index (χ0v) is 15.1. The van der Waals surface area contributed by atoms with E-state index in [9.17, 15) is 4.39 Å². The molecule has 1 aliphatic carbocycles. The van der Waals surface area contributed by atoms with Gasteiger partial charge >= 0.3 is 0 Å². The Morgan fingerprint density at radius 3 is 2.60 bits per heavy atom. The Morgan fingerprint density at radius 2 is 1.88 bits per heavy atom. The number of halogens is 2. The van der Waals surface area contributed by atoms with E-state index in [1.807, 2.05) is 18.2 Å². The Hall–Kier alpha value is -1.85. The number of thioether (sulfide) groups is 1. The molecule has 0 unspecified atom stereocenters. The van der Waals surface area contributed by atoms with Gasteiger partial charge < -0.3 is 4.57 Å². The summed E-state index contributed by atoms with van der Waals surface area (Å²) in [6.07, 6.45) is 2.33. The molecular formula is C19H17ClFN3S. The number of hydrogen-bond acceptors (Lipinski definition) is 3. The second-order valence-corrected chi connectivity index (χ2v) is 7.53. The molecule has 0 saturated heterocycles. The van der Waals surface area contributed by atoms with Crippen LogP contribution in [0.3, 0.4) is 0 Å². The quantitative estimate of drug-likeness (QED) is 0.550. The molecule has 128 valence electrons. The molecule has 3 aromatic rings. The highest BCUT2D eigenvalue weighted by Crippen LogP contribution is 2.40. The minimum Gasteiger partial charge on any atom is -0.301 e. The molecule has 0 spiro atoms. The molecule has 0 N–H and O–H groups in total. The van der Waals surface area contributed by atoms with Crippen LogP contribution in [0.2, 0.25) is 5.02 Å². The lowest BCUT2D eigenvalue weighted by atomic mass is 10.2. The first-order valence-electron chi connectivity index (χ1n) is 8.25. The van der Waals surface area contributed by atoms with E-state index < -0.39 is 0 Å². The first-order chi connectivity index (χ1) is 12.2. The van der Waals surface area contributed by atoms with Crippen molar-refractivity contribution >= 4 is 23.4 Å². The number of rotatable bonds is 6. The second kappa shape index (κ2) is 7.18. The number of hydrogen-bond donors (Lipinski definition) is 0. The van der Waals surface area contributed by atoms with Crippen molar-refractivity contribution in [3.8, 4) is 0 Å². The van der Waals surface area contributed by atoms with Gasteiger partial charge in [0.15, 0.2) is 5.16 Å². The van der Waals surface area contributed by atoms with Crippen LogP contribution in [0.1, 0.15) is 35.7 Å². The molecule has 1 aliphatic rings. The smallest absolute Gasteiger partial charge is 0.191 e. The monoisotopic (exact) mass is 373 g/mol. The molecule has 0 aliphatic heterocycles. The first kappa shape index (κ1) is 16.6. The predicted octanol–water partition coefficient (Wildman–Crippen LogP) is 5.29. The van der Waals surface area contributed by atoms with Gasteiger partial charge in [0.25, 0.3) is 0 Å². The van der Waals surface area contributed by atoms with Crippen molar-refractivity contribution in [1.29, 1.82) is 0 Å². The molecule has 1 fully saturated rings. The lowest BCUT2D eigenvalue weighted by Crippen LogP contribution is -2.06. The lowest BCUT2D eigenvalue weighted by molar-refractivity contribution is 0.617. The van der Waals surface area contributed by atoms with Crippen molar-refractivity contribution in [1.82, 2.24) is 14.8 Å². The molecule has 6 heteroatoms. The highest BCUT2D eigenvalue weighted by molar-refractivity contribution is 7.98. The third-order valence-corrected chi connectivity index (χ3v) is 5.63.